The predicted octanol–water partition coefficient (Wildman–Crippen LogP) is 1.52. The minimum absolute atomic E-state index is 0.0186. The number of hydrogen-bond donors (Lipinski definition) is 1. The fourth-order valence-corrected chi connectivity index (χ4v) is 3.08. The van der Waals surface area contributed by atoms with Gasteiger partial charge in [-0.05, 0) is 44.2 Å². The van der Waals surface area contributed by atoms with Crippen LogP contribution >= 0.6 is 0 Å². The third kappa shape index (κ3) is 3.80. The zero-order chi connectivity index (χ0) is 15.3. The quantitative estimate of drug-likeness (QED) is 0.892. The van der Waals surface area contributed by atoms with Gasteiger partial charge in [0.1, 0.15) is 0 Å². The molecule has 1 aromatic heterocycles. The molecule has 21 heavy (non-hydrogen) atoms. The predicted molar refractivity (Wildman–Crippen MR) is 80.3 cm³/mol. The Morgan fingerprint density at radius 3 is 2.86 bits per heavy atom. The first-order chi connectivity index (χ1) is 10.0. The van der Waals surface area contributed by atoms with Crippen LogP contribution < -0.4 is 5.73 Å². The van der Waals surface area contributed by atoms with Crippen LogP contribution in [0.2, 0.25) is 0 Å². The van der Waals surface area contributed by atoms with Crippen molar-refractivity contribution in [1.82, 2.24) is 9.88 Å². The van der Waals surface area contributed by atoms with Crippen molar-refractivity contribution >= 4 is 11.8 Å². The van der Waals surface area contributed by atoms with Crippen molar-refractivity contribution in [3.63, 3.8) is 0 Å². The largest absolute Gasteiger partial charge is 0.369 e. The van der Waals surface area contributed by atoms with Crippen LogP contribution in [-0.2, 0) is 16.0 Å². The Kier molecular flexibility index (Phi) is 4.94. The summed E-state index contributed by atoms with van der Waals surface area (Å²) < 4.78 is 0. The summed E-state index contributed by atoms with van der Waals surface area (Å²) in [6.45, 7) is 2.73. The van der Waals surface area contributed by atoms with Crippen molar-refractivity contribution in [2.45, 2.75) is 39.0 Å². The third-order valence-corrected chi connectivity index (χ3v) is 4.36. The molecule has 0 unspecified atom stereocenters. The maximum absolute atomic E-state index is 12.0. The maximum atomic E-state index is 12.0. The molecule has 1 aliphatic rings. The number of piperidine rings is 1. The molecule has 5 nitrogen and oxygen atoms in total. The molecular formula is C16H23N3O2. The molecule has 0 aliphatic carbocycles. The molecule has 1 aliphatic heterocycles. The highest BCUT2D eigenvalue weighted by atomic mass is 16.2. The smallest absolute Gasteiger partial charge is 0.225 e. The molecule has 114 valence electrons. The lowest BCUT2D eigenvalue weighted by molar-refractivity contribution is -0.139. The second-order valence-electron chi connectivity index (χ2n) is 5.86. The third-order valence-electron chi connectivity index (χ3n) is 4.36. The van der Waals surface area contributed by atoms with E-state index in [2.05, 4.69) is 4.98 Å². The lowest BCUT2D eigenvalue weighted by Gasteiger charge is -2.40. The van der Waals surface area contributed by atoms with E-state index in [0.717, 1.165) is 37.9 Å². The molecule has 2 amide bonds. The van der Waals surface area contributed by atoms with Gasteiger partial charge in [0.15, 0.2) is 0 Å². The molecule has 0 aromatic carbocycles. The first-order valence-electron chi connectivity index (χ1n) is 7.49. The number of carbonyl (C=O) groups is 2. The number of nitrogens with two attached hydrogens (primary N) is 1. The van der Waals surface area contributed by atoms with Crippen LogP contribution in [0.4, 0.5) is 0 Å². The number of hydrogen-bond acceptors (Lipinski definition) is 3. The molecule has 0 saturated carbocycles. The van der Waals surface area contributed by atoms with E-state index < -0.39 is 5.41 Å². The van der Waals surface area contributed by atoms with E-state index in [0.29, 0.717) is 13.0 Å². The Hall–Kier alpha value is -1.91. The first-order valence-corrected chi connectivity index (χ1v) is 7.49. The highest BCUT2D eigenvalue weighted by Gasteiger charge is 2.40. The molecule has 2 heterocycles. The summed E-state index contributed by atoms with van der Waals surface area (Å²) >= 11 is 0. The number of aromatic nitrogens is 1. The van der Waals surface area contributed by atoms with Gasteiger partial charge in [0.05, 0.1) is 5.41 Å². The van der Waals surface area contributed by atoms with Gasteiger partial charge in [-0.1, -0.05) is 6.07 Å². The fraction of sp³-hybridized carbons (Fsp3) is 0.562. The van der Waals surface area contributed by atoms with Gasteiger partial charge in [-0.2, -0.15) is 0 Å². The Balaban J connectivity index is 1.98. The van der Waals surface area contributed by atoms with Crippen molar-refractivity contribution in [3.05, 3.63) is 30.1 Å². The van der Waals surface area contributed by atoms with Crippen LogP contribution in [0.15, 0.2) is 24.4 Å². The molecule has 1 fully saturated rings. The molecule has 1 atom stereocenters. The minimum atomic E-state index is -0.571. The lowest BCUT2D eigenvalue weighted by atomic mass is 9.75. The van der Waals surface area contributed by atoms with Crippen molar-refractivity contribution in [2.75, 3.05) is 13.1 Å². The lowest BCUT2D eigenvalue weighted by Crippen LogP contribution is -2.51. The number of aryl methyl sites for hydroxylation is 1. The zero-order valence-electron chi connectivity index (χ0n) is 12.5. The second-order valence-corrected chi connectivity index (χ2v) is 5.86. The van der Waals surface area contributed by atoms with E-state index in [1.807, 2.05) is 18.2 Å². The van der Waals surface area contributed by atoms with Crippen molar-refractivity contribution < 1.29 is 9.59 Å². The van der Waals surface area contributed by atoms with Gasteiger partial charge in [0, 0.05) is 31.9 Å². The van der Waals surface area contributed by atoms with E-state index in [9.17, 15) is 9.59 Å². The highest BCUT2D eigenvalue weighted by molar-refractivity contribution is 5.82. The second kappa shape index (κ2) is 6.70. The average Bonchev–Trinajstić information content (AvgIpc) is 2.48. The molecule has 0 radical (unpaired) electrons. The van der Waals surface area contributed by atoms with Crippen LogP contribution in [0.1, 0.15) is 38.3 Å². The van der Waals surface area contributed by atoms with Gasteiger partial charge in [-0.3, -0.25) is 14.6 Å². The summed E-state index contributed by atoms with van der Waals surface area (Å²) in [5.74, 6) is -0.264. The summed E-state index contributed by atoms with van der Waals surface area (Å²) in [5, 5.41) is 0. The maximum Gasteiger partial charge on any atom is 0.225 e. The topological polar surface area (TPSA) is 76.3 Å². The number of amides is 2. The number of carbonyl (C=O) groups excluding carboxylic acids is 2. The van der Waals surface area contributed by atoms with Crippen LogP contribution in [-0.4, -0.2) is 34.8 Å². The molecule has 1 aromatic rings. The van der Waals surface area contributed by atoms with Gasteiger partial charge in [0.2, 0.25) is 11.8 Å². The summed E-state index contributed by atoms with van der Waals surface area (Å²) in [5.41, 5.74) is 6.11. The Labute approximate surface area is 125 Å². The molecule has 0 spiro atoms. The summed E-state index contributed by atoms with van der Waals surface area (Å²) in [4.78, 5) is 29.6. The molecule has 2 N–H and O–H groups in total. The number of primary amides is 1. The summed E-state index contributed by atoms with van der Waals surface area (Å²) in [6, 6.07) is 5.84. The summed E-state index contributed by atoms with van der Waals surface area (Å²) in [6.07, 6.45) is 5.78. The molecule has 0 bridgehead atoms. The average molecular weight is 289 g/mol. The molecule has 5 heteroatoms. The van der Waals surface area contributed by atoms with Crippen LogP contribution in [0.5, 0.6) is 0 Å². The number of pyridine rings is 1. The monoisotopic (exact) mass is 289 g/mol. The fourth-order valence-electron chi connectivity index (χ4n) is 3.08. The Morgan fingerprint density at radius 2 is 2.24 bits per heavy atom. The number of likely N-dealkylation sites (tertiary alicyclic amines) is 1. The van der Waals surface area contributed by atoms with E-state index in [1.165, 1.54) is 0 Å². The van der Waals surface area contributed by atoms with E-state index in [4.69, 9.17) is 5.73 Å². The minimum Gasteiger partial charge on any atom is -0.369 e. The van der Waals surface area contributed by atoms with E-state index in [1.54, 1.807) is 18.0 Å². The highest BCUT2D eigenvalue weighted by Crippen LogP contribution is 2.35. The molecule has 1 saturated heterocycles. The van der Waals surface area contributed by atoms with Crippen LogP contribution in [0, 0.1) is 5.41 Å². The Bertz CT molecular complexity index is 504. The van der Waals surface area contributed by atoms with Gasteiger partial charge in [-0.15, -0.1) is 0 Å². The standard InChI is InChI=1S/C16H23N3O2/c1-13(20)19-11-5-9-16(12-19,15(17)21)8-4-7-14-6-2-3-10-18-14/h2-3,6,10H,4-5,7-9,11-12H2,1H3,(H2,17,21)/t16-/m0/s1. The Morgan fingerprint density at radius 1 is 1.43 bits per heavy atom. The molecule has 2 rings (SSSR count). The van der Waals surface area contributed by atoms with Gasteiger partial charge >= 0.3 is 0 Å². The van der Waals surface area contributed by atoms with Crippen LogP contribution in [0.3, 0.4) is 0 Å². The van der Waals surface area contributed by atoms with Crippen molar-refractivity contribution in [3.8, 4) is 0 Å². The molecular weight excluding hydrogens is 266 g/mol. The van der Waals surface area contributed by atoms with Gasteiger partial charge in [-0.25, -0.2) is 0 Å². The van der Waals surface area contributed by atoms with Gasteiger partial charge in [0.25, 0.3) is 0 Å². The summed E-state index contributed by atoms with van der Waals surface area (Å²) in [7, 11) is 0. The van der Waals surface area contributed by atoms with E-state index in [-0.39, 0.29) is 11.8 Å². The zero-order valence-corrected chi connectivity index (χ0v) is 12.5. The number of rotatable bonds is 5. The number of nitrogens with zero attached hydrogens (tertiary/aromatic N) is 2. The van der Waals surface area contributed by atoms with Crippen molar-refractivity contribution in [2.24, 2.45) is 11.1 Å². The first kappa shape index (κ1) is 15.5. The SMILES string of the molecule is CC(=O)N1CCC[C@](CCCc2ccccn2)(C(N)=O)C1. The van der Waals surface area contributed by atoms with Gasteiger partial charge < -0.3 is 10.6 Å². The van der Waals surface area contributed by atoms with Crippen LogP contribution in [0.25, 0.3) is 0 Å². The normalized spacial score (nSPS) is 22.0. The van der Waals surface area contributed by atoms with Crippen molar-refractivity contribution in [1.29, 1.82) is 0 Å². The van der Waals surface area contributed by atoms with E-state index >= 15 is 0 Å².